The molecule has 0 aliphatic carbocycles. The van der Waals surface area contributed by atoms with Crippen molar-refractivity contribution in [3.8, 4) is 0 Å². The summed E-state index contributed by atoms with van der Waals surface area (Å²) in [6.45, 7) is 0.573. The fourth-order valence-corrected chi connectivity index (χ4v) is 3.95. The second-order valence-corrected chi connectivity index (χ2v) is 7.40. The Balaban J connectivity index is 2.25. The Bertz CT molecular complexity index is 853. The van der Waals surface area contributed by atoms with Gasteiger partial charge in [-0.15, -0.1) is 0 Å². The van der Waals surface area contributed by atoms with Crippen LogP contribution in [0.15, 0.2) is 23.1 Å². The number of rotatable bonds is 3. The van der Waals surface area contributed by atoms with E-state index in [9.17, 15) is 17.6 Å². The van der Waals surface area contributed by atoms with Gasteiger partial charge in [0.05, 0.1) is 16.8 Å². The van der Waals surface area contributed by atoms with Crippen LogP contribution in [0, 0.1) is 5.82 Å². The number of fused-ring (bicyclic) bond motifs is 3. The highest BCUT2D eigenvalue weighted by molar-refractivity contribution is 7.91. The first-order valence-electron chi connectivity index (χ1n) is 6.52. The Hall–Kier alpha value is -1.89. The molecule has 1 aliphatic rings. The highest BCUT2D eigenvalue weighted by Crippen LogP contribution is 2.38. The molecule has 112 valence electrons. The minimum absolute atomic E-state index is 0.00693. The molecule has 0 fully saturated rings. The van der Waals surface area contributed by atoms with Crippen molar-refractivity contribution in [2.45, 2.75) is 30.2 Å². The van der Waals surface area contributed by atoms with Gasteiger partial charge in [0.1, 0.15) is 5.82 Å². The SMILES string of the molecule is CS(=O)(=O)c1cc(F)cc2c1cc1n2CCC1CC(=O)O. The van der Waals surface area contributed by atoms with E-state index in [1.54, 1.807) is 6.07 Å². The molecule has 2 aromatic rings. The Morgan fingerprint density at radius 1 is 1.43 bits per heavy atom. The summed E-state index contributed by atoms with van der Waals surface area (Å²) in [6, 6.07) is 4.00. The van der Waals surface area contributed by atoms with E-state index in [0.717, 1.165) is 18.0 Å². The Labute approximate surface area is 120 Å². The van der Waals surface area contributed by atoms with Crippen LogP contribution in [0.4, 0.5) is 4.39 Å². The molecule has 0 bridgehead atoms. The number of aliphatic carboxylic acids is 1. The molecule has 0 amide bonds. The molecule has 21 heavy (non-hydrogen) atoms. The summed E-state index contributed by atoms with van der Waals surface area (Å²) >= 11 is 0. The molecule has 2 heterocycles. The number of carbonyl (C=O) groups is 1. The van der Waals surface area contributed by atoms with Gasteiger partial charge in [-0.3, -0.25) is 4.79 Å². The lowest BCUT2D eigenvalue weighted by atomic mass is 10.0. The molecule has 1 aliphatic heterocycles. The number of carboxylic acids is 1. The smallest absolute Gasteiger partial charge is 0.304 e. The van der Waals surface area contributed by atoms with Gasteiger partial charge in [0, 0.05) is 29.8 Å². The molecule has 1 N–H and O–H groups in total. The summed E-state index contributed by atoms with van der Waals surface area (Å²) in [7, 11) is -3.55. The molecule has 0 saturated heterocycles. The van der Waals surface area contributed by atoms with E-state index in [4.69, 9.17) is 5.11 Å². The zero-order valence-electron chi connectivity index (χ0n) is 11.3. The summed E-state index contributed by atoms with van der Waals surface area (Å²) in [5.41, 5.74) is 1.28. The van der Waals surface area contributed by atoms with Crippen molar-refractivity contribution in [2.75, 3.05) is 6.26 Å². The number of carboxylic acid groups (broad SMARTS) is 1. The average molecular weight is 311 g/mol. The average Bonchev–Trinajstić information content (AvgIpc) is 2.87. The van der Waals surface area contributed by atoms with Crippen molar-refractivity contribution in [2.24, 2.45) is 0 Å². The highest BCUT2D eigenvalue weighted by Gasteiger charge is 2.28. The van der Waals surface area contributed by atoms with Crippen LogP contribution >= 0.6 is 0 Å². The van der Waals surface area contributed by atoms with Crippen LogP contribution in [-0.2, 0) is 21.2 Å². The largest absolute Gasteiger partial charge is 0.481 e. The van der Waals surface area contributed by atoms with Crippen molar-refractivity contribution < 1.29 is 22.7 Å². The first kappa shape index (κ1) is 14.1. The molecule has 0 radical (unpaired) electrons. The van der Waals surface area contributed by atoms with Gasteiger partial charge in [-0.2, -0.15) is 0 Å². The lowest BCUT2D eigenvalue weighted by molar-refractivity contribution is -0.137. The maximum Gasteiger partial charge on any atom is 0.304 e. The molecule has 1 unspecified atom stereocenters. The summed E-state index contributed by atoms with van der Waals surface area (Å²) in [5.74, 6) is -1.66. The third kappa shape index (κ3) is 2.31. The number of hydrogen-bond donors (Lipinski definition) is 1. The van der Waals surface area contributed by atoms with Crippen LogP contribution in [0.5, 0.6) is 0 Å². The molecule has 1 atom stereocenters. The summed E-state index contributed by atoms with van der Waals surface area (Å²) in [6.07, 6.45) is 1.70. The predicted octanol–water partition coefficient (Wildman–Crippen LogP) is 2.15. The van der Waals surface area contributed by atoms with Crippen LogP contribution in [0.3, 0.4) is 0 Å². The van der Waals surface area contributed by atoms with Gasteiger partial charge in [-0.05, 0) is 24.6 Å². The van der Waals surface area contributed by atoms with Crippen LogP contribution in [0.1, 0.15) is 24.5 Å². The Kier molecular flexibility index (Phi) is 3.05. The van der Waals surface area contributed by atoms with E-state index >= 15 is 0 Å². The second kappa shape index (κ2) is 4.56. The van der Waals surface area contributed by atoms with Gasteiger partial charge in [0.2, 0.25) is 0 Å². The van der Waals surface area contributed by atoms with Crippen molar-refractivity contribution >= 4 is 26.7 Å². The summed E-state index contributed by atoms with van der Waals surface area (Å²) < 4.78 is 39.2. The van der Waals surface area contributed by atoms with Gasteiger partial charge in [0.25, 0.3) is 0 Å². The van der Waals surface area contributed by atoms with Crippen molar-refractivity contribution in [3.05, 3.63) is 29.7 Å². The van der Waals surface area contributed by atoms with Gasteiger partial charge >= 0.3 is 5.97 Å². The first-order valence-corrected chi connectivity index (χ1v) is 8.41. The van der Waals surface area contributed by atoms with Crippen LogP contribution in [0.2, 0.25) is 0 Å². The third-order valence-corrected chi connectivity index (χ3v) is 5.06. The van der Waals surface area contributed by atoms with Gasteiger partial charge in [-0.1, -0.05) is 0 Å². The van der Waals surface area contributed by atoms with Gasteiger partial charge in [0.15, 0.2) is 9.84 Å². The maximum atomic E-state index is 13.7. The van der Waals surface area contributed by atoms with Gasteiger partial charge < -0.3 is 9.67 Å². The molecule has 5 nitrogen and oxygen atoms in total. The fourth-order valence-electron chi connectivity index (χ4n) is 3.06. The highest BCUT2D eigenvalue weighted by atomic mass is 32.2. The van der Waals surface area contributed by atoms with Crippen LogP contribution < -0.4 is 0 Å². The standard InChI is InChI=1S/C14H14FNO4S/c1-21(19,20)13-6-9(15)5-12-10(13)7-11-8(4-14(17)18)2-3-16(11)12/h5-8H,2-4H2,1H3,(H,17,18). The number of benzene rings is 1. The van der Waals surface area contributed by atoms with E-state index < -0.39 is 21.6 Å². The number of sulfone groups is 1. The summed E-state index contributed by atoms with van der Waals surface area (Å²) in [4.78, 5) is 10.8. The van der Waals surface area contributed by atoms with E-state index in [1.165, 1.54) is 6.07 Å². The molecule has 0 saturated carbocycles. The molecule has 1 aromatic heterocycles. The zero-order chi connectivity index (χ0) is 15.4. The molecule has 3 rings (SSSR count). The lowest BCUT2D eigenvalue weighted by Gasteiger charge is -2.04. The third-order valence-electron chi connectivity index (χ3n) is 3.92. The van der Waals surface area contributed by atoms with E-state index in [0.29, 0.717) is 23.9 Å². The second-order valence-electron chi connectivity index (χ2n) is 5.41. The Morgan fingerprint density at radius 3 is 2.76 bits per heavy atom. The fraction of sp³-hybridized carbons (Fsp3) is 0.357. The summed E-state index contributed by atoms with van der Waals surface area (Å²) in [5, 5.41) is 9.40. The minimum atomic E-state index is -3.55. The van der Waals surface area contributed by atoms with Crippen molar-refractivity contribution in [1.29, 1.82) is 0 Å². The van der Waals surface area contributed by atoms with Gasteiger partial charge in [-0.25, -0.2) is 12.8 Å². The first-order chi connectivity index (χ1) is 9.77. The number of aromatic nitrogens is 1. The molecular formula is C14H14FNO4S. The molecular weight excluding hydrogens is 297 g/mol. The van der Waals surface area contributed by atoms with Crippen LogP contribution in [-0.4, -0.2) is 30.3 Å². The monoisotopic (exact) mass is 311 g/mol. The quantitative estimate of drug-likeness (QED) is 0.942. The van der Waals surface area contributed by atoms with Crippen LogP contribution in [0.25, 0.3) is 10.9 Å². The number of nitrogens with zero attached hydrogens (tertiary/aromatic N) is 1. The molecule has 7 heteroatoms. The normalized spacial score (nSPS) is 18.1. The Morgan fingerprint density at radius 2 is 2.14 bits per heavy atom. The van der Waals surface area contributed by atoms with E-state index in [1.807, 2.05) is 4.57 Å². The number of aryl methyl sites for hydroxylation is 1. The minimum Gasteiger partial charge on any atom is -0.481 e. The number of hydrogen-bond acceptors (Lipinski definition) is 3. The zero-order valence-corrected chi connectivity index (χ0v) is 12.2. The van der Waals surface area contributed by atoms with Crippen molar-refractivity contribution in [3.63, 3.8) is 0 Å². The van der Waals surface area contributed by atoms with E-state index in [-0.39, 0.29) is 17.2 Å². The number of halogens is 1. The lowest BCUT2D eigenvalue weighted by Crippen LogP contribution is -2.02. The van der Waals surface area contributed by atoms with E-state index in [2.05, 4.69) is 0 Å². The topological polar surface area (TPSA) is 76.4 Å². The maximum absolute atomic E-state index is 13.7. The molecule has 1 aromatic carbocycles. The molecule has 0 spiro atoms. The predicted molar refractivity (Wildman–Crippen MR) is 74.6 cm³/mol. The van der Waals surface area contributed by atoms with Crippen molar-refractivity contribution in [1.82, 2.24) is 4.57 Å².